The van der Waals surface area contributed by atoms with Gasteiger partial charge in [0, 0.05) is 42.4 Å². The molecule has 0 radical (unpaired) electrons. The van der Waals surface area contributed by atoms with E-state index < -0.39 is 0 Å². The third-order valence-corrected chi connectivity index (χ3v) is 5.26. The van der Waals surface area contributed by atoms with Crippen LogP contribution in [0.2, 0.25) is 0 Å². The van der Waals surface area contributed by atoms with E-state index in [2.05, 4.69) is 41.0 Å². The number of allylic oxidation sites excluding steroid dienone is 1. The molecule has 6 heteroatoms. The van der Waals surface area contributed by atoms with Gasteiger partial charge in [-0.1, -0.05) is 37.2 Å². The first-order valence-corrected chi connectivity index (χ1v) is 9.48. The van der Waals surface area contributed by atoms with Gasteiger partial charge in [0.2, 0.25) is 11.7 Å². The second-order valence-electron chi connectivity index (χ2n) is 7.65. The summed E-state index contributed by atoms with van der Waals surface area (Å²) in [4.78, 5) is 18.9. The van der Waals surface area contributed by atoms with Crippen LogP contribution in [0.15, 0.2) is 64.8 Å². The van der Waals surface area contributed by atoms with Crippen molar-refractivity contribution >= 4 is 11.5 Å². The number of likely N-dealkylation sites (N-methyl/N-ethyl adjacent to an activating group) is 1. The zero-order valence-corrected chi connectivity index (χ0v) is 17.0. The molecule has 1 aliphatic heterocycles. The molecule has 2 aromatic carbocycles. The lowest BCUT2D eigenvalue weighted by molar-refractivity contribution is -0.116. The number of carbonyl (C=O) groups is 1. The Balaban J connectivity index is 1.44. The van der Waals surface area contributed by atoms with Crippen molar-refractivity contribution in [1.29, 1.82) is 0 Å². The van der Waals surface area contributed by atoms with Gasteiger partial charge in [-0.25, -0.2) is 0 Å². The van der Waals surface area contributed by atoms with Gasteiger partial charge in [0.15, 0.2) is 12.4 Å². The number of ketones is 1. The first kappa shape index (κ1) is 18.9. The van der Waals surface area contributed by atoms with Crippen LogP contribution in [0.1, 0.15) is 25.3 Å². The van der Waals surface area contributed by atoms with E-state index in [-0.39, 0.29) is 17.8 Å². The highest BCUT2D eigenvalue weighted by Gasteiger charge is 2.38. The molecule has 29 heavy (non-hydrogen) atoms. The number of ether oxygens (including phenoxy) is 1. The SMILES string of the molecule is Cc1nc(-c2ccc(OCC(=O)C=C3N(C)c4ccccc4C3(C)C)cc2)no1. The van der Waals surface area contributed by atoms with E-state index in [1.165, 1.54) is 5.56 Å². The number of anilines is 1. The average Bonchev–Trinajstić information content (AvgIpc) is 3.23. The molecule has 4 rings (SSSR count). The fourth-order valence-electron chi connectivity index (χ4n) is 3.72. The van der Waals surface area contributed by atoms with Crippen LogP contribution in [-0.4, -0.2) is 29.6 Å². The molecule has 0 saturated heterocycles. The second kappa shape index (κ2) is 7.20. The van der Waals surface area contributed by atoms with E-state index in [1.54, 1.807) is 25.1 Å². The quantitative estimate of drug-likeness (QED) is 0.606. The smallest absolute Gasteiger partial charge is 0.223 e. The maximum atomic E-state index is 12.6. The zero-order chi connectivity index (χ0) is 20.6. The molecule has 0 bridgehead atoms. The van der Waals surface area contributed by atoms with Crippen molar-refractivity contribution in [3.63, 3.8) is 0 Å². The second-order valence-corrected chi connectivity index (χ2v) is 7.65. The van der Waals surface area contributed by atoms with E-state index >= 15 is 0 Å². The Morgan fingerprint density at radius 3 is 2.55 bits per heavy atom. The van der Waals surface area contributed by atoms with Gasteiger partial charge in [-0.15, -0.1) is 0 Å². The molecule has 0 atom stereocenters. The lowest BCUT2D eigenvalue weighted by Crippen LogP contribution is -2.25. The summed E-state index contributed by atoms with van der Waals surface area (Å²) >= 11 is 0. The minimum Gasteiger partial charge on any atom is -0.485 e. The monoisotopic (exact) mass is 389 g/mol. The number of fused-ring (bicyclic) bond motifs is 1. The van der Waals surface area contributed by atoms with Crippen molar-refractivity contribution in [3.05, 3.63) is 71.8 Å². The lowest BCUT2D eigenvalue weighted by atomic mass is 9.83. The maximum absolute atomic E-state index is 12.6. The Hall–Kier alpha value is -3.41. The molecule has 0 amide bonds. The topological polar surface area (TPSA) is 68.5 Å². The predicted molar refractivity (Wildman–Crippen MR) is 111 cm³/mol. The molecule has 6 nitrogen and oxygen atoms in total. The number of benzene rings is 2. The van der Waals surface area contributed by atoms with Crippen LogP contribution in [0.3, 0.4) is 0 Å². The number of nitrogens with zero attached hydrogens (tertiary/aromatic N) is 3. The molecular formula is C23H23N3O3. The summed E-state index contributed by atoms with van der Waals surface area (Å²) in [6.07, 6.45) is 1.69. The Kier molecular flexibility index (Phi) is 4.70. The van der Waals surface area contributed by atoms with Crippen molar-refractivity contribution in [2.75, 3.05) is 18.6 Å². The van der Waals surface area contributed by atoms with Crippen molar-refractivity contribution < 1.29 is 14.1 Å². The first-order valence-electron chi connectivity index (χ1n) is 9.48. The van der Waals surface area contributed by atoms with Gasteiger partial charge in [-0.3, -0.25) is 4.79 Å². The highest BCUT2D eigenvalue weighted by atomic mass is 16.5. The van der Waals surface area contributed by atoms with Gasteiger partial charge in [0.25, 0.3) is 0 Å². The Labute approximate surface area is 169 Å². The van der Waals surface area contributed by atoms with Crippen molar-refractivity contribution in [2.24, 2.45) is 0 Å². The minimum atomic E-state index is -0.231. The van der Waals surface area contributed by atoms with Gasteiger partial charge >= 0.3 is 0 Å². The van der Waals surface area contributed by atoms with Gasteiger partial charge < -0.3 is 14.2 Å². The third-order valence-electron chi connectivity index (χ3n) is 5.26. The van der Waals surface area contributed by atoms with Gasteiger partial charge in [0.1, 0.15) is 5.75 Å². The van der Waals surface area contributed by atoms with E-state index in [9.17, 15) is 4.79 Å². The van der Waals surface area contributed by atoms with Crippen LogP contribution >= 0.6 is 0 Å². The number of rotatable bonds is 5. The Morgan fingerprint density at radius 2 is 1.90 bits per heavy atom. The summed E-state index contributed by atoms with van der Waals surface area (Å²) in [7, 11) is 1.99. The molecule has 3 aromatic rings. The van der Waals surface area contributed by atoms with Crippen LogP contribution in [0.4, 0.5) is 5.69 Å². The van der Waals surface area contributed by atoms with Gasteiger partial charge in [-0.2, -0.15) is 4.98 Å². The Bertz CT molecular complexity index is 1080. The van der Waals surface area contributed by atoms with Crippen LogP contribution in [0.5, 0.6) is 5.75 Å². The van der Waals surface area contributed by atoms with Crippen LogP contribution in [0.25, 0.3) is 11.4 Å². The van der Waals surface area contributed by atoms with Crippen molar-refractivity contribution in [3.8, 4) is 17.1 Å². The average molecular weight is 389 g/mol. The zero-order valence-electron chi connectivity index (χ0n) is 17.0. The standard InChI is InChI=1S/C23H23N3O3/c1-15-24-22(25-29-15)16-9-11-18(12-10-16)28-14-17(27)13-21-23(2,3)19-7-5-6-8-20(19)26(21)4/h5-13H,14H2,1-4H3. The van der Waals surface area contributed by atoms with Crippen LogP contribution in [0, 0.1) is 6.92 Å². The lowest BCUT2D eigenvalue weighted by Gasteiger charge is -2.23. The molecule has 0 fully saturated rings. The molecular weight excluding hydrogens is 366 g/mol. The molecule has 1 aromatic heterocycles. The molecule has 1 aliphatic rings. The van der Waals surface area contributed by atoms with Crippen molar-refractivity contribution in [2.45, 2.75) is 26.2 Å². The first-order chi connectivity index (χ1) is 13.9. The van der Waals surface area contributed by atoms with E-state index in [0.29, 0.717) is 17.5 Å². The summed E-state index contributed by atoms with van der Waals surface area (Å²) in [5.41, 5.74) is 3.91. The highest BCUT2D eigenvalue weighted by Crippen LogP contribution is 2.46. The maximum Gasteiger partial charge on any atom is 0.223 e. The number of carbonyl (C=O) groups excluding carboxylic acids is 1. The van der Waals surface area contributed by atoms with Crippen LogP contribution < -0.4 is 9.64 Å². The van der Waals surface area contributed by atoms with E-state index in [4.69, 9.17) is 9.26 Å². The normalized spacial score (nSPS) is 16.1. The molecule has 0 unspecified atom stereocenters. The molecule has 0 saturated carbocycles. The molecule has 0 spiro atoms. The van der Waals surface area contributed by atoms with E-state index in [0.717, 1.165) is 16.9 Å². The molecule has 148 valence electrons. The minimum absolute atomic E-state index is 0.0234. The fourth-order valence-corrected chi connectivity index (χ4v) is 3.72. The number of para-hydroxylation sites is 1. The van der Waals surface area contributed by atoms with Crippen molar-refractivity contribution in [1.82, 2.24) is 10.1 Å². The predicted octanol–water partition coefficient (Wildman–Crippen LogP) is 4.30. The largest absolute Gasteiger partial charge is 0.485 e. The fraction of sp³-hybridized carbons (Fsp3) is 0.261. The Morgan fingerprint density at radius 1 is 1.17 bits per heavy atom. The summed E-state index contributed by atoms with van der Waals surface area (Å²) in [5, 5.41) is 3.89. The molecule has 0 N–H and O–H groups in total. The summed E-state index contributed by atoms with van der Waals surface area (Å²) < 4.78 is 10.7. The number of aromatic nitrogens is 2. The molecule has 0 aliphatic carbocycles. The third kappa shape index (κ3) is 3.53. The summed E-state index contributed by atoms with van der Waals surface area (Å²) in [6, 6.07) is 15.5. The van der Waals surface area contributed by atoms with Gasteiger partial charge in [0.05, 0.1) is 0 Å². The summed E-state index contributed by atoms with van der Waals surface area (Å²) in [5.74, 6) is 1.58. The number of hydrogen-bond donors (Lipinski definition) is 0. The number of aryl methyl sites for hydroxylation is 1. The number of hydrogen-bond acceptors (Lipinski definition) is 6. The van der Waals surface area contributed by atoms with Gasteiger partial charge in [-0.05, 0) is 35.9 Å². The highest BCUT2D eigenvalue weighted by molar-refractivity contribution is 5.93. The molecule has 2 heterocycles. The van der Waals surface area contributed by atoms with E-state index in [1.807, 2.05) is 31.3 Å². The summed E-state index contributed by atoms with van der Waals surface area (Å²) in [6.45, 7) is 5.99. The van der Waals surface area contributed by atoms with Crippen LogP contribution in [-0.2, 0) is 10.2 Å².